The minimum Gasteiger partial charge on any atom is -0.496 e. The maximum Gasteiger partial charge on any atom is 0.133 e. The fourth-order valence-corrected chi connectivity index (χ4v) is 4.00. The van der Waals surface area contributed by atoms with E-state index in [0.29, 0.717) is 0 Å². The van der Waals surface area contributed by atoms with Crippen molar-refractivity contribution < 1.29 is 4.74 Å². The topological polar surface area (TPSA) is 12.5 Å². The summed E-state index contributed by atoms with van der Waals surface area (Å²) in [5.74, 6) is 0.960. The van der Waals surface area contributed by atoms with E-state index in [9.17, 15) is 0 Å². The highest BCUT2D eigenvalue weighted by atomic mass is 79.9. The average molecular weight is 310 g/mol. The van der Waals surface area contributed by atoms with Crippen molar-refractivity contribution in [3.8, 4) is 5.75 Å². The first-order valence-corrected chi connectivity index (χ1v) is 7.67. The van der Waals surface area contributed by atoms with Gasteiger partial charge >= 0.3 is 0 Å². The number of methoxy groups -OCH3 is 1. The normalized spacial score (nSPS) is 21.0. The van der Waals surface area contributed by atoms with E-state index in [-0.39, 0.29) is 0 Å². The number of hydrogen-bond acceptors (Lipinski definition) is 2. The van der Waals surface area contributed by atoms with Crippen LogP contribution in [0.3, 0.4) is 0 Å². The van der Waals surface area contributed by atoms with Gasteiger partial charge in [-0.15, -0.1) is 0 Å². The van der Waals surface area contributed by atoms with Gasteiger partial charge in [0.05, 0.1) is 11.6 Å². The third-order valence-corrected chi connectivity index (χ3v) is 5.26. The molecule has 0 bridgehead atoms. The van der Waals surface area contributed by atoms with Crippen LogP contribution in [0.15, 0.2) is 16.6 Å². The Bertz CT molecular complexity index is 440. The van der Waals surface area contributed by atoms with Crippen LogP contribution >= 0.6 is 15.9 Å². The molecular weight excluding hydrogens is 290 g/mol. The van der Waals surface area contributed by atoms with E-state index in [0.717, 1.165) is 22.8 Å². The number of fused-ring (bicyclic) bond motifs is 1. The van der Waals surface area contributed by atoms with Crippen molar-refractivity contribution in [2.75, 3.05) is 13.7 Å². The van der Waals surface area contributed by atoms with Gasteiger partial charge in [-0.2, -0.15) is 0 Å². The van der Waals surface area contributed by atoms with E-state index in [1.54, 1.807) is 7.11 Å². The first kappa shape index (κ1) is 12.5. The molecule has 0 saturated heterocycles. The lowest BCUT2D eigenvalue weighted by Crippen LogP contribution is -2.37. The summed E-state index contributed by atoms with van der Waals surface area (Å²) in [4.78, 5) is 2.67. The summed E-state index contributed by atoms with van der Waals surface area (Å²) in [6.45, 7) is 2.30. The molecule has 0 N–H and O–H groups in total. The Morgan fingerprint density at radius 1 is 1.28 bits per heavy atom. The van der Waals surface area contributed by atoms with Gasteiger partial charge in [0.2, 0.25) is 0 Å². The summed E-state index contributed by atoms with van der Waals surface area (Å²) in [6.07, 6.45) is 6.77. The molecule has 2 nitrogen and oxygen atoms in total. The Balaban J connectivity index is 1.86. The number of nitrogens with zero attached hydrogens (tertiary/aromatic N) is 1. The van der Waals surface area contributed by atoms with Crippen LogP contribution in [0.4, 0.5) is 0 Å². The lowest BCUT2D eigenvalue weighted by Gasteiger charge is -2.34. The van der Waals surface area contributed by atoms with Crippen LogP contribution in [0, 0.1) is 0 Å². The van der Waals surface area contributed by atoms with Gasteiger partial charge in [0, 0.05) is 19.1 Å². The summed E-state index contributed by atoms with van der Waals surface area (Å²) >= 11 is 3.71. The monoisotopic (exact) mass is 309 g/mol. The van der Waals surface area contributed by atoms with E-state index in [4.69, 9.17) is 4.74 Å². The molecule has 1 aromatic carbocycles. The van der Waals surface area contributed by atoms with Crippen LogP contribution in [0.5, 0.6) is 5.75 Å². The van der Waals surface area contributed by atoms with Crippen molar-refractivity contribution >= 4 is 15.9 Å². The van der Waals surface area contributed by atoms with Gasteiger partial charge in [-0.05, 0) is 52.4 Å². The number of ether oxygens (including phenoxy) is 1. The first-order valence-electron chi connectivity index (χ1n) is 6.88. The highest BCUT2D eigenvalue weighted by molar-refractivity contribution is 9.10. The van der Waals surface area contributed by atoms with Crippen molar-refractivity contribution in [1.29, 1.82) is 0 Å². The zero-order valence-electron chi connectivity index (χ0n) is 10.9. The predicted molar refractivity (Wildman–Crippen MR) is 77.1 cm³/mol. The maximum atomic E-state index is 5.41. The van der Waals surface area contributed by atoms with E-state index in [2.05, 4.69) is 33.0 Å². The second-order valence-corrected chi connectivity index (χ2v) is 6.17. The minimum atomic E-state index is 0.816. The van der Waals surface area contributed by atoms with Crippen molar-refractivity contribution in [1.82, 2.24) is 4.90 Å². The second kappa shape index (κ2) is 5.22. The quantitative estimate of drug-likeness (QED) is 0.825. The Hall–Kier alpha value is -0.540. The Kier molecular flexibility index (Phi) is 3.62. The van der Waals surface area contributed by atoms with Gasteiger partial charge in [0.1, 0.15) is 5.75 Å². The van der Waals surface area contributed by atoms with Crippen LogP contribution in [-0.4, -0.2) is 24.6 Å². The zero-order valence-corrected chi connectivity index (χ0v) is 12.5. The fraction of sp³-hybridized carbons (Fsp3) is 0.600. The zero-order chi connectivity index (χ0) is 12.5. The molecule has 2 aliphatic rings. The molecule has 1 aromatic rings. The summed E-state index contributed by atoms with van der Waals surface area (Å²) in [5.41, 5.74) is 2.92. The molecule has 0 amide bonds. The maximum absolute atomic E-state index is 5.41. The van der Waals surface area contributed by atoms with Crippen LogP contribution < -0.4 is 4.74 Å². The van der Waals surface area contributed by atoms with Crippen LogP contribution in [0.2, 0.25) is 0 Å². The molecule has 0 radical (unpaired) electrons. The SMILES string of the molecule is COc1ccc2c(c1Br)CN(C1CCCC1)CC2. The molecule has 98 valence electrons. The fourth-order valence-electron chi connectivity index (χ4n) is 3.33. The van der Waals surface area contributed by atoms with Gasteiger partial charge in [0.25, 0.3) is 0 Å². The Labute approximate surface area is 117 Å². The third-order valence-electron chi connectivity index (χ3n) is 4.40. The summed E-state index contributed by atoms with van der Waals surface area (Å²) in [5, 5.41) is 0. The molecular formula is C15H20BrNO. The summed E-state index contributed by atoms with van der Waals surface area (Å²) in [7, 11) is 1.74. The minimum absolute atomic E-state index is 0.816. The highest BCUT2D eigenvalue weighted by Crippen LogP contribution is 2.36. The van der Waals surface area contributed by atoms with Crippen molar-refractivity contribution in [2.24, 2.45) is 0 Å². The van der Waals surface area contributed by atoms with E-state index < -0.39 is 0 Å². The second-order valence-electron chi connectivity index (χ2n) is 5.38. The number of benzene rings is 1. The van der Waals surface area contributed by atoms with Crippen LogP contribution in [-0.2, 0) is 13.0 Å². The van der Waals surface area contributed by atoms with Gasteiger partial charge in [0.15, 0.2) is 0 Å². The van der Waals surface area contributed by atoms with Gasteiger partial charge in [-0.25, -0.2) is 0 Å². The molecule has 1 heterocycles. The molecule has 1 saturated carbocycles. The smallest absolute Gasteiger partial charge is 0.133 e. The first-order chi connectivity index (χ1) is 8.79. The molecule has 1 aliphatic heterocycles. The summed E-state index contributed by atoms with van der Waals surface area (Å²) < 4.78 is 6.56. The molecule has 3 rings (SSSR count). The molecule has 0 spiro atoms. The average Bonchev–Trinajstić information content (AvgIpc) is 2.93. The molecule has 1 fully saturated rings. The van der Waals surface area contributed by atoms with Gasteiger partial charge in [-0.3, -0.25) is 4.90 Å². The van der Waals surface area contributed by atoms with Gasteiger partial charge < -0.3 is 4.74 Å². The van der Waals surface area contributed by atoms with E-state index in [1.807, 2.05) is 0 Å². The predicted octanol–water partition coefficient (Wildman–Crippen LogP) is 3.76. The largest absolute Gasteiger partial charge is 0.496 e. The van der Waals surface area contributed by atoms with Crippen molar-refractivity contribution in [2.45, 2.75) is 44.7 Å². The molecule has 1 aliphatic carbocycles. The van der Waals surface area contributed by atoms with E-state index in [1.165, 1.54) is 49.8 Å². The lowest BCUT2D eigenvalue weighted by molar-refractivity contribution is 0.180. The molecule has 0 aromatic heterocycles. The molecule has 3 heteroatoms. The molecule has 0 atom stereocenters. The number of halogens is 1. The lowest BCUT2D eigenvalue weighted by atomic mass is 9.98. The molecule has 0 unspecified atom stereocenters. The van der Waals surface area contributed by atoms with Crippen LogP contribution in [0.25, 0.3) is 0 Å². The molecule has 18 heavy (non-hydrogen) atoms. The Morgan fingerprint density at radius 3 is 2.78 bits per heavy atom. The standard InChI is InChI=1S/C15H20BrNO/c1-18-14-7-6-11-8-9-17(10-13(11)15(14)16)12-4-2-3-5-12/h6-7,12H,2-5,8-10H2,1H3. The van der Waals surface area contributed by atoms with Crippen molar-refractivity contribution in [3.63, 3.8) is 0 Å². The van der Waals surface area contributed by atoms with Gasteiger partial charge in [-0.1, -0.05) is 18.9 Å². The summed E-state index contributed by atoms with van der Waals surface area (Å²) in [6, 6.07) is 5.12. The van der Waals surface area contributed by atoms with Crippen LogP contribution in [0.1, 0.15) is 36.8 Å². The van der Waals surface area contributed by atoms with E-state index >= 15 is 0 Å². The number of rotatable bonds is 2. The number of hydrogen-bond donors (Lipinski definition) is 0. The van der Waals surface area contributed by atoms with Crippen molar-refractivity contribution in [3.05, 3.63) is 27.7 Å². The Morgan fingerprint density at radius 2 is 2.06 bits per heavy atom. The third kappa shape index (κ3) is 2.19. The highest BCUT2D eigenvalue weighted by Gasteiger charge is 2.27.